The minimum atomic E-state index is 0.118. The Bertz CT molecular complexity index is 472. The van der Waals surface area contributed by atoms with E-state index in [-0.39, 0.29) is 17.6 Å². The highest BCUT2D eigenvalue weighted by Gasteiger charge is 2.17. The molecule has 1 aromatic rings. The number of terminal acetylenes is 1. The zero-order valence-electron chi connectivity index (χ0n) is 12.1. The van der Waals surface area contributed by atoms with E-state index in [1.54, 1.807) is 0 Å². The third-order valence-electron chi connectivity index (χ3n) is 3.24. The Labute approximate surface area is 111 Å². The van der Waals surface area contributed by atoms with Crippen LogP contribution in [-0.4, -0.2) is 5.78 Å². The molecule has 0 aliphatic heterocycles. The van der Waals surface area contributed by atoms with E-state index in [1.807, 2.05) is 0 Å². The van der Waals surface area contributed by atoms with Gasteiger partial charge < -0.3 is 0 Å². The number of aryl methyl sites for hydroxylation is 2. The highest BCUT2D eigenvalue weighted by Crippen LogP contribution is 2.27. The number of benzene rings is 1. The third-order valence-corrected chi connectivity index (χ3v) is 3.24. The molecule has 1 rings (SSSR count). The van der Waals surface area contributed by atoms with Gasteiger partial charge in [0.2, 0.25) is 0 Å². The molecule has 0 spiro atoms. The number of hydrogen-bond acceptors (Lipinski definition) is 1. The van der Waals surface area contributed by atoms with Gasteiger partial charge in [-0.05, 0) is 41.5 Å². The second kappa shape index (κ2) is 5.40. The summed E-state index contributed by atoms with van der Waals surface area (Å²) in [7, 11) is 0. The average molecular weight is 242 g/mol. The van der Waals surface area contributed by atoms with Crippen LogP contribution in [0.15, 0.2) is 12.1 Å². The van der Waals surface area contributed by atoms with E-state index in [1.165, 1.54) is 16.7 Å². The van der Waals surface area contributed by atoms with Gasteiger partial charge in [0.1, 0.15) is 5.78 Å². The summed E-state index contributed by atoms with van der Waals surface area (Å²) in [4.78, 5) is 11.7. The largest absolute Gasteiger partial charge is 0.298 e. The van der Waals surface area contributed by atoms with Crippen LogP contribution in [0, 0.1) is 26.2 Å². The second-order valence-corrected chi connectivity index (χ2v) is 5.93. The first-order valence-electron chi connectivity index (χ1n) is 6.31. The standard InChI is InChI=1S/C17H22O/c1-7-8-15(18)11-16-12(2)9-14(10-13(16)3)17(4,5)6/h1,9-10H,8,11H2,2-6H3. The Morgan fingerprint density at radius 1 is 1.22 bits per heavy atom. The van der Waals surface area contributed by atoms with Crippen molar-refractivity contribution >= 4 is 5.78 Å². The van der Waals surface area contributed by atoms with E-state index in [0.29, 0.717) is 6.42 Å². The van der Waals surface area contributed by atoms with Crippen molar-refractivity contribution in [1.29, 1.82) is 0 Å². The van der Waals surface area contributed by atoms with E-state index in [4.69, 9.17) is 6.42 Å². The van der Waals surface area contributed by atoms with Crippen LogP contribution in [-0.2, 0) is 16.6 Å². The summed E-state index contributed by atoms with van der Waals surface area (Å²) in [5.41, 5.74) is 4.95. The van der Waals surface area contributed by atoms with Gasteiger partial charge in [-0.15, -0.1) is 6.42 Å². The van der Waals surface area contributed by atoms with Gasteiger partial charge in [0, 0.05) is 6.42 Å². The maximum absolute atomic E-state index is 11.7. The Morgan fingerprint density at radius 2 is 1.72 bits per heavy atom. The molecular formula is C17H22O. The first kappa shape index (κ1) is 14.5. The lowest BCUT2D eigenvalue weighted by molar-refractivity contribution is -0.117. The maximum atomic E-state index is 11.7. The van der Waals surface area contributed by atoms with Crippen LogP contribution in [0.4, 0.5) is 0 Å². The molecule has 1 heteroatoms. The molecule has 0 radical (unpaired) electrons. The van der Waals surface area contributed by atoms with Crippen molar-refractivity contribution < 1.29 is 4.79 Å². The average Bonchev–Trinajstić information content (AvgIpc) is 2.22. The van der Waals surface area contributed by atoms with Gasteiger partial charge in [-0.3, -0.25) is 4.79 Å². The van der Waals surface area contributed by atoms with Crippen molar-refractivity contribution in [2.75, 3.05) is 0 Å². The van der Waals surface area contributed by atoms with Crippen LogP contribution >= 0.6 is 0 Å². The van der Waals surface area contributed by atoms with Gasteiger partial charge in [-0.2, -0.15) is 0 Å². The zero-order chi connectivity index (χ0) is 13.9. The number of Topliss-reactive ketones (excluding diaryl/α,β-unsaturated/α-hetero) is 1. The van der Waals surface area contributed by atoms with E-state index in [9.17, 15) is 4.79 Å². The smallest absolute Gasteiger partial charge is 0.149 e. The summed E-state index contributed by atoms with van der Waals surface area (Å²) in [6, 6.07) is 4.37. The molecule has 96 valence electrons. The fourth-order valence-corrected chi connectivity index (χ4v) is 2.08. The molecule has 18 heavy (non-hydrogen) atoms. The normalized spacial score (nSPS) is 11.1. The topological polar surface area (TPSA) is 17.1 Å². The molecule has 0 saturated carbocycles. The first-order chi connectivity index (χ1) is 8.25. The molecule has 0 saturated heterocycles. The van der Waals surface area contributed by atoms with Crippen LogP contribution < -0.4 is 0 Å². The monoisotopic (exact) mass is 242 g/mol. The number of rotatable bonds is 3. The molecule has 0 aliphatic carbocycles. The van der Waals surface area contributed by atoms with Crippen LogP contribution in [0.2, 0.25) is 0 Å². The van der Waals surface area contributed by atoms with Crippen molar-refractivity contribution in [3.63, 3.8) is 0 Å². The number of ketones is 1. The minimum absolute atomic E-state index is 0.118. The molecular weight excluding hydrogens is 220 g/mol. The molecule has 0 unspecified atom stereocenters. The molecule has 0 fully saturated rings. The molecule has 0 bridgehead atoms. The summed E-state index contributed by atoms with van der Waals surface area (Å²) in [5, 5.41) is 0. The lowest BCUT2D eigenvalue weighted by atomic mass is 9.83. The van der Waals surface area contributed by atoms with Crippen LogP contribution in [0.5, 0.6) is 0 Å². The molecule has 0 aromatic heterocycles. The summed E-state index contributed by atoms with van der Waals surface area (Å²) < 4.78 is 0. The highest BCUT2D eigenvalue weighted by atomic mass is 16.1. The van der Waals surface area contributed by atoms with Gasteiger partial charge in [0.05, 0.1) is 6.42 Å². The fraction of sp³-hybridized carbons (Fsp3) is 0.471. The predicted molar refractivity (Wildman–Crippen MR) is 76.8 cm³/mol. The molecule has 1 aromatic carbocycles. The lowest BCUT2D eigenvalue weighted by Crippen LogP contribution is -2.13. The number of carbonyl (C=O) groups is 1. The van der Waals surface area contributed by atoms with E-state index in [0.717, 1.165) is 5.56 Å². The van der Waals surface area contributed by atoms with Crippen molar-refractivity contribution in [2.24, 2.45) is 0 Å². The Kier molecular flexibility index (Phi) is 4.35. The lowest BCUT2D eigenvalue weighted by Gasteiger charge is -2.22. The molecule has 0 N–H and O–H groups in total. The third kappa shape index (κ3) is 3.47. The van der Waals surface area contributed by atoms with Crippen molar-refractivity contribution in [3.05, 3.63) is 34.4 Å². The number of carbonyl (C=O) groups excluding carboxylic acids is 1. The quantitative estimate of drug-likeness (QED) is 0.738. The minimum Gasteiger partial charge on any atom is -0.298 e. The zero-order valence-corrected chi connectivity index (χ0v) is 12.1. The van der Waals surface area contributed by atoms with Crippen molar-refractivity contribution in [1.82, 2.24) is 0 Å². The summed E-state index contributed by atoms with van der Waals surface area (Å²) in [6.45, 7) is 10.7. The van der Waals surface area contributed by atoms with Crippen molar-refractivity contribution in [3.8, 4) is 12.3 Å². The van der Waals surface area contributed by atoms with Crippen molar-refractivity contribution in [2.45, 2.75) is 52.9 Å². The maximum Gasteiger partial charge on any atom is 0.149 e. The van der Waals surface area contributed by atoms with E-state index in [2.05, 4.69) is 52.7 Å². The Morgan fingerprint density at radius 3 is 2.11 bits per heavy atom. The molecule has 0 heterocycles. The first-order valence-corrected chi connectivity index (χ1v) is 6.31. The second-order valence-electron chi connectivity index (χ2n) is 5.93. The summed E-state index contributed by atoms with van der Waals surface area (Å²) in [5.74, 6) is 2.53. The number of hydrogen-bond donors (Lipinski definition) is 0. The van der Waals surface area contributed by atoms with Gasteiger partial charge in [-0.1, -0.05) is 38.8 Å². The predicted octanol–water partition coefficient (Wildman–Crippen LogP) is 3.74. The summed E-state index contributed by atoms with van der Waals surface area (Å²) >= 11 is 0. The van der Waals surface area contributed by atoms with E-state index >= 15 is 0 Å². The molecule has 0 atom stereocenters. The van der Waals surface area contributed by atoms with Crippen LogP contribution in [0.3, 0.4) is 0 Å². The van der Waals surface area contributed by atoms with E-state index < -0.39 is 0 Å². The van der Waals surface area contributed by atoms with Gasteiger partial charge in [0.15, 0.2) is 0 Å². The molecule has 1 nitrogen and oxygen atoms in total. The highest BCUT2D eigenvalue weighted by molar-refractivity contribution is 5.83. The van der Waals surface area contributed by atoms with Gasteiger partial charge in [0.25, 0.3) is 0 Å². The van der Waals surface area contributed by atoms with Crippen LogP contribution in [0.1, 0.15) is 49.4 Å². The summed E-state index contributed by atoms with van der Waals surface area (Å²) in [6.07, 6.45) is 5.84. The Balaban J connectivity index is 3.10. The fourth-order valence-electron chi connectivity index (χ4n) is 2.08. The molecule has 0 aliphatic rings. The molecule has 0 amide bonds. The SMILES string of the molecule is C#CCC(=O)Cc1c(C)cc(C(C)(C)C)cc1C. The van der Waals surface area contributed by atoms with Gasteiger partial charge >= 0.3 is 0 Å². The van der Waals surface area contributed by atoms with Gasteiger partial charge in [-0.25, -0.2) is 0 Å². The van der Waals surface area contributed by atoms with Crippen LogP contribution in [0.25, 0.3) is 0 Å². The Hall–Kier alpha value is -1.55.